The smallest absolute Gasteiger partial charge is 0.124 e. The Labute approximate surface area is 125 Å². The molecule has 2 nitrogen and oxygen atoms in total. The molecular formula is C16H15BrFNO. The van der Waals surface area contributed by atoms with Crippen molar-refractivity contribution in [1.82, 2.24) is 4.98 Å². The van der Waals surface area contributed by atoms with Gasteiger partial charge in [-0.2, -0.15) is 0 Å². The number of halogens is 2. The average Bonchev–Trinajstić information content (AvgIpc) is 2.45. The van der Waals surface area contributed by atoms with Crippen LogP contribution in [-0.2, 0) is 6.42 Å². The van der Waals surface area contributed by atoms with Gasteiger partial charge in [0.05, 0.1) is 6.10 Å². The van der Waals surface area contributed by atoms with Crippen LogP contribution in [0.1, 0.15) is 41.7 Å². The lowest BCUT2D eigenvalue weighted by Gasteiger charge is -2.28. The average molecular weight is 336 g/mol. The molecule has 0 aliphatic heterocycles. The quantitative estimate of drug-likeness (QED) is 0.894. The molecule has 104 valence electrons. The summed E-state index contributed by atoms with van der Waals surface area (Å²) in [7, 11) is 0. The first kappa shape index (κ1) is 13.7. The van der Waals surface area contributed by atoms with Gasteiger partial charge in [-0.3, -0.25) is 4.98 Å². The van der Waals surface area contributed by atoms with Crippen LogP contribution >= 0.6 is 15.9 Å². The fraction of sp³-hybridized carbons (Fsp3) is 0.312. The topological polar surface area (TPSA) is 33.1 Å². The number of benzene rings is 1. The number of rotatable bonds is 2. The highest BCUT2D eigenvalue weighted by Crippen LogP contribution is 2.39. The number of aryl methyl sites for hydroxylation is 1. The summed E-state index contributed by atoms with van der Waals surface area (Å²) in [5.74, 6) is -0.404. The zero-order valence-electron chi connectivity index (χ0n) is 10.9. The Morgan fingerprint density at radius 2 is 2.20 bits per heavy atom. The Balaban J connectivity index is 1.97. The van der Waals surface area contributed by atoms with Crippen molar-refractivity contribution >= 4 is 15.9 Å². The summed E-state index contributed by atoms with van der Waals surface area (Å²) in [4.78, 5) is 4.43. The first-order chi connectivity index (χ1) is 9.65. The second kappa shape index (κ2) is 5.62. The van der Waals surface area contributed by atoms with E-state index in [9.17, 15) is 9.50 Å². The van der Waals surface area contributed by atoms with Crippen LogP contribution in [-0.4, -0.2) is 10.1 Å². The maximum absolute atomic E-state index is 13.5. The highest BCUT2D eigenvalue weighted by molar-refractivity contribution is 9.10. The summed E-state index contributed by atoms with van der Waals surface area (Å²) in [6.45, 7) is 0. The molecule has 2 atom stereocenters. The van der Waals surface area contributed by atoms with E-state index < -0.39 is 6.10 Å². The number of aliphatic hydroxyl groups excluding tert-OH is 1. The number of pyridine rings is 1. The van der Waals surface area contributed by atoms with Crippen molar-refractivity contribution in [2.45, 2.75) is 31.3 Å². The van der Waals surface area contributed by atoms with Gasteiger partial charge < -0.3 is 5.11 Å². The van der Waals surface area contributed by atoms with E-state index in [0.717, 1.165) is 25.0 Å². The molecule has 1 aromatic heterocycles. The predicted octanol–water partition coefficient (Wildman–Crippen LogP) is 4.14. The van der Waals surface area contributed by atoms with Crippen molar-refractivity contribution in [3.8, 4) is 0 Å². The zero-order valence-corrected chi connectivity index (χ0v) is 12.5. The fourth-order valence-corrected chi connectivity index (χ4v) is 3.41. The normalized spacial score (nSPS) is 19.4. The van der Waals surface area contributed by atoms with Crippen molar-refractivity contribution in [2.24, 2.45) is 0 Å². The van der Waals surface area contributed by atoms with Gasteiger partial charge >= 0.3 is 0 Å². The SMILES string of the molecule is OC(c1cc(F)cc(Br)c1)C1CCCc2cccnc21. The molecule has 1 N–H and O–H groups in total. The molecule has 0 saturated heterocycles. The lowest BCUT2D eigenvalue weighted by atomic mass is 9.81. The Hall–Kier alpha value is -1.26. The summed E-state index contributed by atoms with van der Waals surface area (Å²) in [5.41, 5.74) is 2.74. The minimum atomic E-state index is -0.726. The van der Waals surface area contributed by atoms with Crippen molar-refractivity contribution in [2.75, 3.05) is 0 Å². The molecule has 0 bridgehead atoms. The number of nitrogens with zero attached hydrogens (tertiary/aromatic N) is 1. The summed E-state index contributed by atoms with van der Waals surface area (Å²) >= 11 is 3.27. The van der Waals surface area contributed by atoms with Crippen molar-refractivity contribution in [1.29, 1.82) is 0 Å². The molecule has 0 fully saturated rings. The lowest BCUT2D eigenvalue weighted by Crippen LogP contribution is -2.18. The van der Waals surface area contributed by atoms with Crippen molar-refractivity contribution in [3.05, 3.63) is 63.6 Å². The van der Waals surface area contributed by atoms with Gasteiger partial charge in [0, 0.05) is 22.3 Å². The van der Waals surface area contributed by atoms with E-state index in [0.29, 0.717) is 10.0 Å². The third-order valence-electron chi connectivity index (χ3n) is 3.85. The van der Waals surface area contributed by atoms with E-state index >= 15 is 0 Å². The van der Waals surface area contributed by atoms with Crippen LogP contribution in [0.4, 0.5) is 4.39 Å². The van der Waals surface area contributed by atoms with Crippen LogP contribution in [0.15, 0.2) is 41.0 Å². The Kier molecular flexibility index (Phi) is 3.85. The molecule has 1 aliphatic rings. The lowest BCUT2D eigenvalue weighted by molar-refractivity contribution is 0.133. The molecule has 0 saturated carbocycles. The first-order valence-electron chi connectivity index (χ1n) is 6.73. The number of aromatic nitrogens is 1. The maximum atomic E-state index is 13.5. The number of aliphatic hydroxyl groups is 1. The van der Waals surface area contributed by atoms with Gasteiger partial charge in [0.2, 0.25) is 0 Å². The summed E-state index contributed by atoms with van der Waals surface area (Å²) in [5, 5.41) is 10.6. The van der Waals surface area contributed by atoms with Crippen LogP contribution < -0.4 is 0 Å². The molecule has 2 aromatic rings. The number of hydrogen-bond donors (Lipinski definition) is 1. The van der Waals surface area contributed by atoms with E-state index in [-0.39, 0.29) is 11.7 Å². The molecule has 0 spiro atoms. The molecule has 2 unspecified atom stereocenters. The van der Waals surface area contributed by atoms with E-state index in [2.05, 4.69) is 27.0 Å². The third kappa shape index (κ3) is 2.63. The first-order valence-corrected chi connectivity index (χ1v) is 7.52. The molecular weight excluding hydrogens is 321 g/mol. The van der Waals surface area contributed by atoms with Gasteiger partial charge in [-0.15, -0.1) is 0 Å². The van der Waals surface area contributed by atoms with Crippen LogP contribution in [0, 0.1) is 5.82 Å². The zero-order chi connectivity index (χ0) is 14.1. The fourth-order valence-electron chi connectivity index (χ4n) is 2.93. The number of fused-ring (bicyclic) bond motifs is 1. The van der Waals surface area contributed by atoms with Crippen LogP contribution in [0.2, 0.25) is 0 Å². The van der Waals surface area contributed by atoms with Gasteiger partial charge in [0.25, 0.3) is 0 Å². The van der Waals surface area contributed by atoms with Crippen LogP contribution in [0.25, 0.3) is 0 Å². The van der Waals surface area contributed by atoms with Crippen molar-refractivity contribution in [3.63, 3.8) is 0 Å². The van der Waals surface area contributed by atoms with Crippen molar-refractivity contribution < 1.29 is 9.50 Å². The Morgan fingerprint density at radius 3 is 3.00 bits per heavy atom. The molecule has 1 aliphatic carbocycles. The Morgan fingerprint density at radius 1 is 1.35 bits per heavy atom. The monoisotopic (exact) mass is 335 g/mol. The molecule has 4 heteroatoms. The second-order valence-electron chi connectivity index (χ2n) is 5.19. The minimum Gasteiger partial charge on any atom is -0.388 e. The van der Waals surface area contributed by atoms with Crippen LogP contribution in [0.3, 0.4) is 0 Å². The highest BCUT2D eigenvalue weighted by Gasteiger charge is 2.29. The van der Waals surface area contributed by atoms with Crippen LogP contribution in [0.5, 0.6) is 0 Å². The summed E-state index contributed by atoms with van der Waals surface area (Å²) in [6, 6.07) is 8.54. The van der Waals surface area contributed by atoms with E-state index in [4.69, 9.17) is 0 Å². The van der Waals surface area contributed by atoms with E-state index in [1.165, 1.54) is 17.7 Å². The largest absolute Gasteiger partial charge is 0.388 e. The summed E-state index contributed by atoms with van der Waals surface area (Å²) in [6.07, 6.45) is 3.93. The van der Waals surface area contributed by atoms with E-state index in [1.807, 2.05) is 6.07 Å². The molecule has 1 aromatic carbocycles. The molecule has 20 heavy (non-hydrogen) atoms. The standard InChI is InChI=1S/C16H15BrFNO/c17-12-7-11(8-13(18)9-12)16(20)14-5-1-3-10-4-2-6-19-15(10)14/h2,4,6-9,14,16,20H,1,3,5H2. The summed E-state index contributed by atoms with van der Waals surface area (Å²) < 4.78 is 14.1. The number of hydrogen-bond acceptors (Lipinski definition) is 2. The van der Waals surface area contributed by atoms with Gasteiger partial charge in [0.15, 0.2) is 0 Å². The molecule has 3 rings (SSSR count). The minimum absolute atomic E-state index is 0.0614. The van der Waals surface area contributed by atoms with Gasteiger partial charge in [0.1, 0.15) is 5.82 Å². The Bertz CT molecular complexity index is 611. The highest BCUT2D eigenvalue weighted by atomic mass is 79.9. The molecule has 0 radical (unpaired) electrons. The molecule has 1 heterocycles. The third-order valence-corrected chi connectivity index (χ3v) is 4.30. The second-order valence-corrected chi connectivity index (χ2v) is 6.11. The van der Waals surface area contributed by atoms with Gasteiger partial charge in [-0.1, -0.05) is 22.0 Å². The molecule has 0 amide bonds. The van der Waals surface area contributed by atoms with Gasteiger partial charge in [-0.05, 0) is 54.7 Å². The van der Waals surface area contributed by atoms with Gasteiger partial charge in [-0.25, -0.2) is 4.39 Å². The van der Waals surface area contributed by atoms with E-state index in [1.54, 1.807) is 12.3 Å². The predicted molar refractivity (Wildman–Crippen MR) is 79.0 cm³/mol. The maximum Gasteiger partial charge on any atom is 0.124 e.